The lowest BCUT2D eigenvalue weighted by molar-refractivity contribution is 0.759. The van der Waals surface area contributed by atoms with E-state index in [0.29, 0.717) is 0 Å². The molecule has 0 amide bonds. The van der Waals surface area contributed by atoms with Gasteiger partial charge in [0.05, 0.1) is 11.0 Å². The summed E-state index contributed by atoms with van der Waals surface area (Å²) in [6, 6.07) is 44.1. The number of aryl methyl sites for hydroxylation is 1. The number of fused-ring (bicyclic) bond motifs is 3. The molecule has 0 fully saturated rings. The summed E-state index contributed by atoms with van der Waals surface area (Å²) in [7, 11) is 0. The number of allylic oxidation sites excluding steroid dienone is 4. The Hall–Kier alpha value is -5.21. The lowest BCUT2D eigenvalue weighted by Gasteiger charge is -2.20. The number of hydrogen-bond donors (Lipinski definition) is 0. The first-order valence-corrected chi connectivity index (χ1v) is 14.7. The average Bonchev–Trinajstić information content (AvgIpc) is 3.43. The van der Waals surface area contributed by atoms with Gasteiger partial charge in [0.15, 0.2) is 0 Å². The fraction of sp³-hybridized carbons (Fsp3) is 0.0750. The standard InChI is InChI=1S/C40H30N2/c1-27-21-24-36-37(25-27)42(40(41-36)30-17-9-4-10-18-30)31-22-23-34-35(26-31)39(29-15-7-3-8-16-29)33-20-12-11-19-32(33)38(34)28-13-5-2-6-14-28/h2-17,19-26,30H,18H2,1H3. The Bertz CT molecular complexity index is 2170. The van der Waals surface area contributed by atoms with Crippen LogP contribution in [-0.4, -0.2) is 9.55 Å². The number of hydrogen-bond acceptors (Lipinski definition) is 1. The van der Waals surface area contributed by atoms with Crippen molar-refractivity contribution in [1.82, 2.24) is 9.55 Å². The van der Waals surface area contributed by atoms with Crippen LogP contribution in [0, 0.1) is 6.92 Å². The summed E-state index contributed by atoms with van der Waals surface area (Å²) in [6.07, 6.45) is 9.75. The van der Waals surface area contributed by atoms with Crippen LogP contribution in [0.5, 0.6) is 0 Å². The highest BCUT2D eigenvalue weighted by molar-refractivity contribution is 6.21. The van der Waals surface area contributed by atoms with E-state index in [2.05, 4.69) is 157 Å². The second-order valence-electron chi connectivity index (χ2n) is 11.2. The summed E-state index contributed by atoms with van der Waals surface area (Å²) in [5.74, 6) is 1.31. The Morgan fingerprint density at radius 3 is 1.93 bits per heavy atom. The fourth-order valence-electron chi connectivity index (χ4n) is 6.63. The molecule has 1 aliphatic rings. The van der Waals surface area contributed by atoms with E-state index in [4.69, 9.17) is 4.98 Å². The summed E-state index contributed by atoms with van der Waals surface area (Å²) in [4.78, 5) is 5.21. The summed E-state index contributed by atoms with van der Waals surface area (Å²) in [5, 5.41) is 5.03. The lowest BCUT2D eigenvalue weighted by Crippen LogP contribution is -2.07. The maximum absolute atomic E-state index is 5.21. The predicted octanol–water partition coefficient (Wildman–Crippen LogP) is 10.6. The second-order valence-corrected chi connectivity index (χ2v) is 11.2. The SMILES string of the molecule is Cc1ccc2nc(C3C=CC=CC3)n(-c3ccc4c(-c5ccccc5)c5ccccc5c(-c5ccccc5)c4c3)c2c1. The van der Waals surface area contributed by atoms with Gasteiger partial charge in [-0.05, 0) is 87.0 Å². The Morgan fingerprint density at radius 2 is 1.26 bits per heavy atom. The van der Waals surface area contributed by atoms with Crippen LogP contribution in [0.1, 0.15) is 23.7 Å². The summed E-state index contributed by atoms with van der Waals surface area (Å²) in [5.41, 5.74) is 9.56. The Morgan fingerprint density at radius 1 is 0.619 bits per heavy atom. The molecular formula is C40H30N2. The van der Waals surface area contributed by atoms with Gasteiger partial charge in [-0.3, -0.25) is 4.57 Å². The van der Waals surface area contributed by atoms with Crippen molar-refractivity contribution in [1.29, 1.82) is 0 Å². The molecule has 2 heteroatoms. The van der Waals surface area contributed by atoms with E-state index in [0.717, 1.165) is 29.0 Å². The van der Waals surface area contributed by atoms with Crippen LogP contribution in [0.2, 0.25) is 0 Å². The third-order valence-electron chi connectivity index (χ3n) is 8.54. The van der Waals surface area contributed by atoms with E-state index in [1.54, 1.807) is 0 Å². The minimum Gasteiger partial charge on any atom is -0.296 e. The third-order valence-corrected chi connectivity index (χ3v) is 8.54. The zero-order valence-corrected chi connectivity index (χ0v) is 23.5. The van der Waals surface area contributed by atoms with Crippen LogP contribution in [-0.2, 0) is 0 Å². The van der Waals surface area contributed by atoms with Gasteiger partial charge in [0.2, 0.25) is 0 Å². The van der Waals surface area contributed by atoms with Crippen LogP contribution in [0.4, 0.5) is 0 Å². The molecule has 1 aromatic heterocycles. The first kappa shape index (κ1) is 24.6. The van der Waals surface area contributed by atoms with E-state index in [1.165, 1.54) is 49.4 Å². The third kappa shape index (κ3) is 3.99. The van der Waals surface area contributed by atoms with Crippen LogP contribution >= 0.6 is 0 Å². The molecule has 0 radical (unpaired) electrons. The van der Waals surface area contributed by atoms with Crippen molar-refractivity contribution in [2.45, 2.75) is 19.3 Å². The largest absolute Gasteiger partial charge is 0.296 e. The van der Waals surface area contributed by atoms with Gasteiger partial charge in [0, 0.05) is 11.6 Å². The second kappa shape index (κ2) is 10.0. The maximum atomic E-state index is 5.21. The zero-order valence-electron chi connectivity index (χ0n) is 23.5. The zero-order chi connectivity index (χ0) is 28.0. The normalized spacial score (nSPS) is 14.7. The molecule has 0 N–H and O–H groups in total. The first-order chi connectivity index (χ1) is 20.8. The van der Waals surface area contributed by atoms with Gasteiger partial charge in [-0.1, -0.05) is 121 Å². The van der Waals surface area contributed by atoms with Crippen LogP contribution in [0.25, 0.3) is 60.5 Å². The van der Waals surface area contributed by atoms with E-state index in [-0.39, 0.29) is 5.92 Å². The van der Waals surface area contributed by atoms with Gasteiger partial charge in [0.1, 0.15) is 5.82 Å². The fourth-order valence-corrected chi connectivity index (χ4v) is 6.63. The number of benzene rings is 6. The van der Waals surface area contributed by atoms with Crippen LogP contribution < -0.4 is 0 Å². The van der Waals surface area contributed by atoms with Gasteiger partial charge in [-0.2, -0.15) is 0 Å². The molecule has 0 bridgehead atoms. The molecule has 2 nitrogen and oxygen atoms in total. The summed E-state index contributed by atoms with van der Waals surface area (Å²) < 4.78 is 2.39. The smallest absolute Gasteiger partial charge is 0.121 e. The highest BCUT2D eigenvalue weighted by atomic mass is 15.1. The number of aromatic nitrogens is 2. The van der Waals surface area contributed by atoms with E-state index in [9.17, 15) is 0 Å². The molecule has 6 aromatic carbocycles. The first-order valence-electron chi connectivity index (χ1n) is 14.7. The predicted molar refractivity (Wildman–Crippen MR) is 177 cm³/mol. The molecule has 8 rings (SSSR count). The van der Waals surface area contributed by atoms with Crippen molar-refractivity contribution in [2.75, 3.05) is 0 Å². The molecule has 1 unspecified atom stereocenters. The van der Waals surface area contributed by atoms with E-state index in [1.807, 2.05) is 0 Å². The van der Waals surface area contributed by atoms with Gasteiger partial charge in [0.25, 0.3) is 0 Å². The summed E-state index contributed by atoms with van der Waals surface area (Å²) >= 11 is 0. The molecule has 7 aromatic rings. The number of nitrogens with zero attached hydrogens (tertiary/aromatic N) is 2. The molecule has 0 saturated heterocycles. The van der Waals surface area contributed by atoms with Gasteiger partial charge < -0.3 is 0 Å². The van der Waals surface area contributed by atoms with Crippen molar-refractivity contribution >= 4 is 32.6 Å². The highest BCUT2D eigenvalue weighted by Gasteiger charge is 2.22. The van der Waals surface area contributed by atoms with Gasteiger partial charge in [-0.15, -0.1) is 0 Å². The van der Waals surface area contributed by atoms with Crippen molar-refractivity contribution < 1.29 is 0 Å². The minimum atomic E-state index is 0.225. The molecule has 0 aliphatic heterocycles. The van der Waals surface area contributed by atoms with Crippen molar-refractivity contribution in [2.24, 2.45) is 0 Å². The Kier molecular flexibility index (Phi) is 5.86. The van der Waals surface area contributed by atoms with Crippen molar-refractivity contribution in [3.05, 3.63) is 157 Å². The van der Waals surface area contributed by atoms with Crippen molar-refractivity contribution in [3.8, 4) is 27.9 Å². The minimum absolute atomic E-state index is 0.225. The monoisotopic (exact) mass is 538 g/mol. The van der Waals surface area contributed by atoms with Gasteiger partial charge in [-0.25, -0.2) is 4.98 Å². The molecule has 0 spiro atoms. The molecule has 200 valence electrons. The molecular weight excluding hydrogens is 508 g/mol. The maximum Gasteiger partial charge on any atom is 0.121 e. The lowest BCUT2D eigenvalue weighted by atomic mass is 9.86. The molecule has 1 heterocycles. The number of rotatable bonds is 4. The van der Waals surface area contributed by atoms with E-state index < -0.39 is 0 Å². The average molecular weight is 539 g/mol. The van der Waals surface area contributed by atoms with Crippen LogP contribution in [0.3, 0.4) is 0 Å². The molecule has 0 saturated carbocycles. The summed E-state index contributed by atoms with van der Waals surface area (Å²) in [6.45, 7) is 2.16. The van der Waals surface area contributed by atoms with Crippen molar-refractivity contribution in [3.63, 3.8) is 0 Å². The Balaban J connectivity index is 1.50. The number of imidazole rings is 1. The van der Waals surface area contributed by atoms with Crippen LogP contribution in [0.15, 0.2) is 146 Å². The van der Waals surface area contributed by atoms with Gasteiger partial charge >= 0.3 is 0 Å². The Labute approximate surface area is 245 Å². The molecule has 1 aliphatic carbocycles. The van der Waals surface area contributed by atoms with E-state index >= 15 is 0 Å². The highest BCUT2D eigenvalue weighted by Crippen LogP contribution is 2.44. The molecule has 1 atom stereocenters. The topological polar surface area (TPSA) is 17.8 Å². The quantitative estimate of drug-likeness (QED) is 0.204. The molecule has 42 heavy (non-hydrogen) atoms.